The van der Waals surface area contributed by atoms with Crippen molar-refractivity contribution < 1.29 is 14.6 Å². The van der Waals surface area contributed by atoms with Crippen molar-refractivity contribution in [2.45, 2.75) is 19.0 Å². The number of thiazole rings is 1. The minimum atomic E-state index is -0.192. The number of benzene rings is 3. The summed E-state index contributed by atoms with van der Waals surface area (Å²) in [6.45, 7) is 5.22. The molecule has 1 fully saturated rings. The topological polar surface area (TPSA) is 75.4 Å². The summed E-state index contributed by atoms with van der Waals surface area (Å²) < 4.78 is 12.7. The molecule has 0 radical (unpaired) electrons. The van der Waals surface area contributed by atoms with E-state index >= 15 is 0 Å². The molecule has 6 rings (SSSR count). The standard InChI is InChI=1S/C31H33N5O3S/c1-21-32-31-36(33-21)30(37)29(40-31)28(24-14-15-25(38-2)26(20-24)39-3)35-18-16-34(17-19-35)27(22-10-6-4-7-11-22)23-12-8-5-9-13-23/h4-15,20,27-28,37H,16-19H2,1-3H3/t28-/m0/s1. The van der Waals surface area contributed by atoms with E-state index in [1.807, 2.05) is 19.1 Å². The zero-order valence-corrected chi connectivity index (χ0v) is 23.7. The van der Waals surface area contributed by atoms with E-state index in [1.165, 1.54) is 22.5 Å². The van der Waals surface area contributed by atoms with Crippen LogP contribution < -0.4 is 9.47 Å². The zero-order valence-electron chi connectivity index (χ0n) is 22.9. The summed E-state index contributed by atoms with van der Waals surface area (Å²) in [6.07, 6.45) is 0. The third-order valence-corrected chi connectivity index (χ3v) is 8.66. The molecule has 1 aliphatic heterocycles. The molecule has 0 aliphatic carbocycles. The van der Waals surface area contributed by atoms with Gasteiger partial charge in [0.15, 0.2) is 11.5 Å². The Morgan fingerprint density at radius 2 is 1.32 bits per heavy atom. The van der Waals surface area contributed by atoms with Crippen LogP contribution in [0.3, 0.4) is 0 Å². The largest absolute Gasteiger partial charge is 0.493 e. The number of aromatic nitrogens is 3. The van der Waals surface area contributed by atoms with E-state index in [0.29, 0.717) is 22.3 Å². The first-order chi connectivity index (χ1) is 19.6. The second-order valence-electron chi connectivity index (χ2n) is 9.96. The number of ether oxygens (including phenoxy) is 2. The number of hydrogen-bond acceptors (Lipinski definition) is 8. The third kappa shape index (κ3) is 4.92. The molecule has 1 saturated heterocycles. The van der Waals surface area contributed by atoms with Gasteiger partial charge >= 0.3 is 0 Å². The van der Waals surface area contributed by atoms with Crippen LogP contribution in [0.1, 0.15) is 39.5 Å². The Labute approximate surface area is 238 Å². The second-order valence-corrected chi connectivity index (χ2v) is 11.0. The predicted molar refractivity (Wildman–Crippen MR) is 157 cm³/mol. The number of aryl methyl sites for hydroxylation is 1. The van der Waals surface area contributed by atoms with Gasteiger partial charge in [-0.15, -0.1) is 5.10 Å². The van der Waals surface area contributed by atoms with Gasteiger partial charge in [-0.3, -0.25) is 9.80 Å². The molecule has 0 amide bonds. The number of nitrogens with zero attached hydrogens (tertiary/aromatic N) is 5. The van der Waals surface area contributed by atoms with Crippen molar-refractivity contribution in [1.82, 2.24) is 24.4 Å². The summed E-state index contributed by atoms with van der Waals surface area (Å²) in [6, 6.07) is 27.4. The molecule has 40 heavy (non-hydrogen) atoms. The monoisotopic (exact) mass is 555 g/mol. The molecule has 1 atom stereocenters. The van der Waals surface area contributed by atoms with E-state index in [1.54, 1.807) is 18.7 Å². The molecule has 5 aromatic rings. The highest BCUT2D eigenvalue weighted by molar-refractivity contribution is 7.17. The fourth-order valence-electron chi connectivity index (χ4n) is 5.72. The molecule has 9 heteroatoms. The summed E-state index contributed by atoms with van der Waals surface area (Å²) in [7, 11) is 3.28. The van der Waals surface area contributed by atoms with Gasteiger partial charge in [-0.25, -0.2) is 4.98 Å². The van der Waals surface area contributed by atoms with Gasteiger partial charge < -0.3 is 14.6 Å². The maximum Gasteiger partial charge on any atom is 0.230 e. The van der Waals surface area contributed by atoms with Gasteiger partial charge in [-0.05, 0) is 35.7 Å². The highest BCUT2D eigenvalue weighted by atomic mass is 32.1. The molecule has 3 heterocycles. The highest BCUT2D eigenvalue weighted by Gasteiger charge is 2.34. The quantitative estimate of drug-likeness (QED) is 0.278. The Kier molecular flexibility index (Phi) is 7.42. The van der Waals surface area contributed by atoms with Gasteiger partial charge in [0.2, 0.25) is 10.8 Å². The van der Waals surface area contributed by atoms with Crippen LogP contribution in [0.15, 0.2) is 78.9 Å². The van der Waals surface area contributed by atoms with Crippen molar-refractivity contribution in [1.29, 1.82) is 0 Å². The zero-order chi connectivity index (χ0) is 27.6. The number of piperazine rings is 1. The lowest BCUT2D eigenvalue weighted by atomic mass is 9.96. The van der Waals surface area contributed by atoms with Crippen LogP contribution in [0.25, 0.3) is 4.96 Å². The number of fused-ring (bicyclic) bond motifs is 1. The molecule has 206 valence electrons. The van der Waals surface area contributed by atoms with Gasteiger partial charge in [0, 0.05) is 26.2 Å². The van der Waals surface area contributed by atoms with Crippen molar-refractivity contribution in [3.63, 3.8) is 0 Å². The molecular formula is C31H33N5O3S. The minimum Gasteiger partial charge on any atom is -0.493 e. The lowest BCUT2D eigenvalue weighted by molar-refractivity contribution is 0.0898. The molecule has 8 nitrogen and oxygen atoms in total. The smallest absolute Gasteiger partial charge is 0.230 e. The van der Waals surface area contributed by atoms with Crippen LogP contribution >= 0.6 is 11.3 Å². The van der Waals surface area contributed by atoms with Crippen molar-refractivity contribution in [2.75, 3.05) is 40.4 Å². The fourth-order valence-corrected chi connectivity index (χ4v) is 6.88. The lowest BCUT2D eigenvalue weighted by Crippen LogP contribution is -2.49. The maximum absolute atomic E-state index is 11.3. The molecule has 0 spiro atoms. The average Bonchev–Trinajstić information content (AvgIpc) is 3.51. The van der Waals surface area contributed by atoms with E-state index in [4.69, 9.17) is 9.47 Å². The van der Waals surface area contributed by atoms with Gasteiger partial charge in [-0.1, -0.05) is 78.1 Å². The molecular weight excluding hydrogens is 522 g/mol. The number of aromatic hydroxyl groups is 1. The second kappa shape index (κ2) is 11.3. The van der Waals surface area contributed by atoms with Gasteiger partial charge in [0.25, 0.3) is 0 Å². The maximum atomic E-state index is 11.3. The minimum absolute atomic E-state index is 0.134. The molecule has 1 N–H and O–H groups in total. The molecule has 1 aliphatic rings. The third-order valence-electron chi connectivity index (χ3n) is 7.59. The van der Waals surface area contributed by atoms with Crippen molar-refractivity contribution in [2.24, 2.45) is 0 Å². The first-order valence-corrected chi connectivity index (χ1v) is 14.2. The van der Waals surface area contributed by atoms with Crippen molar-refractivity contribution in [3.05, 3.63) is 106 Å². The Hall–Kier alpha value is -3.92. The van der Waals surface area contributed by atoms with Crippen LogP contribution in [0.5, 0.6) is 17.4 Å². The van der Waals surface area contributed by atoms with E-state index in [-0.39, 0.29) is 18.0 Å². The summed E-state index contributed by atoms with van der Waals surface area (Å²) in [5.74, 6) is 2.10. The Morgan fingerprint density at radius 3 is 1.88 bits per heavy atom. The van der Waals surface area contributed by atoms with E-state index in [0.717, 1.165) is 36.6 Å². The highest BCUT2D eigenvalue weighted by Crippen LogP contribution is 2.43. The first-order valence-electron chi connectivity index (χ1n) is 13.4. The molecule has 0 unspecified atom stereocenters. The summed E-state index contributed by atoms with van der Waals surface area (Å²) in [5, 5.41) is 15.7. The average molecular weight is 556 g/mol. The molecule has 2 aromatic heterocycles. The van der Waals surface area contributed by atoms with E-state index in [9.17, 15) is 5.11 Å². The Bertz CT molecular complexity index is 1540. The number of hydrogen-bond donors (Lipinski definition) is 1. The Morgan fingerprint density at radius 1 is 0.750 bits per heavy atom. The van der Waals surface area contributed by atoms with Crippen LogP contribution in [0.2, 0.25) is 0 Å². The fraction of sp³-hybridized carbons (Fsp3) is 0.290. The SMILES string of the molecule is COc1ccc([C@@H](c2sc3nc(C)nn3c2O)N2CCN(C(c3ccccc3)c3ccccc3)CC2)cc1OC. The normalized spacial score (nSPS) is 15.5. The number of rotatable bonds is 8. The summed E-state index contributed by atoms with van der Waals surface area (Å²) in [5.41, 5.74) is 3.60. The van der Waals surface area contributed by atoms with E-state index < -0.39 is 0 Å². The summed E-state index contributed by atoms with van der Waals surface area (Å²) in [4.78, 5) is 11.0. The molecule has 0 saturated carbocycles. The number of methoxy groups -OCH3 is 2. The van der Waals surface area contributed by atoms with Gasteiger partial charge in [0.05, 0.1) is 31.2 Å². The van der Waals surface area contributed by atoms with Crippen LogP contribution in [-0.2, 0) is 0 Å². The van der Waals surface area contributed by atoms with Crippen molar-refractivity contribution in [3.8, 4) is 17.4 Å². The van der Waals surface area contributed by atoms with Gasteiger partial charge in [0.1, 0.15) is 5.82 Å². The Balaban J connectivity index is 1.34. The van der Waals surface area contributed by atoms with Crippen LogP contribution in [-0.4, -0.2) is 69.9 Å². The molecule has 0 bridgehead atoms. The van der Waals surface area contributed by atoms with Crippen LogP contribution in [0, 0.1) is 6.92 Å². The first kappa shape index (κ1) is 26.3. The van der Waals surface area contributed by atoms with Gasteiger partial charge in [-0.2, -0.15) is 4.52 Å². The summed E-state index contributed by atoms with van der Waals surface area (Å²) >= 11 is 1.48. The van der Waals surface area contributed by atoms with Crippen LogP contribution in [0.4, 0.5) is 0 Å². The predicted octanol–water partition coefficient (Wildman–Crippen LogP) is 5.32. The lowest BCUT2D eigenvalue weighted by Gasteiger charge is -2.42. The van der Waals surface area contributed by atoms with E-state index in [2.05, 4.69) is 86.6 Å². The molecule has 3 aromatic carbocycles. The van der Waals surface area contributed by atoms with Crippen molar-refractivity contribution >= 4 is 16.3 Å².